The summed E-state index contributed by atoms with van der Waals surface area (Å²) in [4.78, 5) is 0.109. The van der Waals surface area contributed by atoms with Crippen LogP contribution in [0.2, 0.25) is 0 Å². The molecular weight excluding hydrogens is 504 g/mol. The van der Waals surface area contributed by atoms with E-state index in [0.717, 1.165) is 23.2 Å². The lowest BCUT2D eigenvalue weighted by Crippen LogP contribution is -2.17. The second-order valence-electron chi connectivity index (χ2n) is 7.64. The number of primary sulfonamides is 1. The second kappa shape index (κ2) is 12.5. The van der Waals surface area contributed by atoms with Gasteiger partial charge in [0.1, 0.15) is 0 Å². The van der Waals surface area contributed by atoms with Crippen molar-refractivity contribution in [2.45, 2.75) is 24.8 Å². The van der Waals surface area contributed by atoms with Crippen molar-refractivity contribution in [2.24, 2.45) is 5.14 Å². The van der Waals surface area contributed by atoms with Gasteiger partial charge in [-0.1, -0.05) is 41.5 Å². The Kier molecular flexibility index (Phi) is 9.37. The van der Waals surface area contributed by atoms with Crippen molar-refractivity contribution in [3.8, 4) is 23.2 Å². The van der Waals surface area contributed by atoms with Gasteiger partial charge in [-0.2, -0.15) is 4.68 Å². The molecule has 0 spiro atoms. The number of halogens is 1. The molecule has 0 saturated carbocycles. The molecule has 0 saturated heterocycles. The van der Waals surface area contributed by atoms with Gasteiger partial charge in [0.05, 0.1) is 17.2 Å². The van der Waals surface area contributed by atoms with Crippen LogP contribution < -0.4 is 19.9 Å². The lowest BCUT2D eigenvalue weighted by Gasteiger charge is -2.13. The lowest BCUT2D eigenvalue weighted by molar-refractivity contribution is 0.315. The highest BCUT2D eigenvalue weighted by molar-refractivity contribution is 7.89. The summed E-state index contributed by atoms with van der Waals surface area (Å²) in [7, 11) is -3.68. The highest BCUT2D eigenvalue weighted by Crippen LogP contribution is 2.32. The first kappa shape index (κ1) is 27.1. The molecule has 0 amide bonds. The molecule has 0 aliphatic carbocycles. The molecule has 3 aromatic carbocycles. The van der Waals surface area contributed by atoms with E-state index in [1.54, 1.807) is 12.1 Å². The number of sulfonamides is 1. The molecule has 12 heteroatoms. The summed E-state index contributed by atoms with van der Waals surface area (Å²) in [6, 6.07) is 22.0. The maximum atomic E-state index is 11.4. The van der Waals surface area contributed by atoms with E-state index in [2.05, 4.69) is 20.8 Å². The second-order valence-corrected chi connectivity index (χ2v) is 9.20. The maximum Gasteiger partial charge on any atom is 0.346 e. The lowest BCUT2D eigenvalue weighted by atomic mass is 10.1. The van der Waals surface area contributed by atoms with Crippen LogP contribution in [0, 0.1) is 0 Å². The van der Waals surface area contributed by atoms with Crippen molar-refractivity contribution < 1.29 is 17.9 Å². The van der Waals surface area contributed by atoms with Crippen LogP contribution in [0.1, 0.15) is 18.1 Å². The van der Waals surface area contributed by atoms with Crippen molar-refractivity contribution in [2.75, 3.05) is 13.2 Å². The van der Waals surface area contributed by atoms with E-state index in [9.17, 15) is 8.42 Å². The monoisotopic (exact) mass is 530 g/mol. The van der Waals surface area contributed by atoms with Crippen molar-refractivity contribution in [3.05, 3.63) is 83.9 Å². The molecule has 1 heterocycles. The molecule has 0 aliphatic rings. The van der Waals surface area contributed by atoms with Gasteiger partial charge < -0.3 is 14.8 Å². The van der Waals surface area contributed by atoms with Crippen LogP contribution in [0.5, 0.6) is 17.5 Å². The highest BCUT2D eigenvalue weighted by Gasteiger charge is 2.14. The van der Waals surface area contributed by atoms with Crippen LogP contribution >= 0.6 is 12.4 Å². The molecule has 4 aromatic rings. The number of hydrogen-bond acceptors (Lipinski definition) is 8. The highest BCUT2D eigenvalue weighted by atomic mass is 35.5. The number of aromatic nitrogens is 4. The standard InChI is InChI=1S/C24H26N6O4S.ClH/c1-2-33-23-16-19(17-26-15-14-18-8-11-21(12-9-18)35(25,31)32)10-13-22(23)34-24-27-28-29-30(24)20-6-4-3-5-7-20;/h3-13,16,26H,2,14-15,17H2,1H3,(H2,25,31,32);1H. The van der Waals surface area contributed by atoms with E-state index < -0.39 is 10.0 Å². The summed E-state index contributed by atoms with van der Waals surface area (Å²) in [5, 5.41) is 20.3. The fourth-order valence-corrected chi connectivity index (χ4v) is 3.91. The van der Waals surface area contributed by atoms with Gasteiger partial charge in [-0.3, -0.25) is 0 Å². The van der Waals surface area contributed by atoms with E-state index >= 15 is 0 Å². The minimum Gasteiger partial charge on any atom is -0.490 e. The van der Waals surface area contributed by atoms with Crippen molar-refractivity contribution >= 4 is 22.4 Å². The average molecular weight is 531 g/mol. The number of hydrogen-bond donors (Lipinski definition) is 2. The van der Waals surface area contributed by atoms with Crippen LogP contribution in [-0.2, 0) is 23.0 Å². The number of benzene rings is 3. The minimum atomic E-state index is -3.68. The topological polar surface area (TPSA) is 134 Å². The van der Waals surface area contributed by atoms with Crippen LogP contribution in [0.4, 0.5) is 0 Å². The van der Waals surface area contributed by atoms with Crippen molar-refractivity contribution in [1.82, 2.24) is 25.5 Å². The normalized spacial score (nSPS) is 11.1. The number of nitrogens with one attached hydrogen (secondary N) is 1. The maximum absolute atomic E-state index is 11.4. The van der Waals surface area contributed by atoms with Crippen molar-refractivity contribution in [3.63, 3.8) is 0 Å². The van der Waals surface area contributed by atoms with E-state index in [0.29, 0.717) is 31.2 Å². The number of para-hydroxylation sites is 1. The molecule has 36 heavy (non-hydrogen) atoms. The van der Waals surface area contributed by atoms with Gasteiger partial charge in [0.2, 0.25) is 10.0 Å². The molecule has 0 atom stereocenters. The Bertz CT molecular complexity index is 1370. The van der Waals surface area contributed by atoms with Gasteiger partial charge in [0.15, 0.2) is 11.5 Å². The molecule has 0 radical (unpaired) electrons. The summed E-state index contributed by atoms with van der Waals surface area (Å²) < 4.78 is 36.0. The van der Waals surface area contributed by atoms with Crippen LogP contribution in [0.25, 0.3) is 5.69 Å². The SMILES string of the molecule is CCOc1cc(CNCCc2ccc(S(N)(=O)=O)cc2)ccc1Oc1nnnn1-c1ccccc1.Cl. The summed E-state index contributed by atoms with van der Waals surface area (Å²) in [6.45, 7) is 3.72. The third-order valence-corrected chi connectivity index (χ3v) is 6.05. The predicted octanol–water partition coefficient (Wildman–Crippen LogP) is 3.25. The smallest absolute Gasteiger partial charge is 0.346 e. The van der Waals surface area contributed by atoms with E-state index in [-0.39, 0.29) is 23.3 Å². The summed E-state index contributed by atoms with van der Waals surface area (Å²) in [5.74, 6) is 1.10. The van der Waals surface area contributed by atoms with Crippen LogP contribution in [0.3, 0.4) is 0 Å². The number of ether oxygens (including phenoxy) is 2. The average Bonchev–Trinajstić information content (AvgIpc) is 3.32. The summed E-state index contributed by atoms with van der Waals surface area (Å²) >= 11 is 0. The van der Waals surface area contributed by atoms with Gasteiger partial charge in [0, 0.05) is 6.54 Å². The summed E-state index contributed by atoms with van der Waals surface area (Å²) in [6.07, 6.45) is 0.743. The third-order valence-electron chi connectivity index (χ3n) is 5.12. The molecule has 4 rings (SSSR count). The molecule has 10 nitrogen and oxygen atoms in total. The Morgan fingerprint density at radius 2 is 1.69 bits per heavy atom. The minimum absolute atomic E-state index is 0. The van der Waals surface area contributed by atoms with Gasteiger partial charge in [-0.25, -0.2) is 13.6 Å². The molecule has 0 unspecified atom stereocenters. The van der Waals surface area contributed by atoms with Crippen LogP contribution in [0.15, 0.2) is 77.7 Å². The van der Waals surface area contributed by atoms with Gasteiger partial charge in [0.25, 0.3) is 0 Å². The Morgan fingerprint density at radius 1 is 0.972 bits per heavy atom. The first-order valence-corrected chi connectivity index (χ1v) is 12.6. The van der Waals surface area contributed by atoms with E-state index in [1.165, 1.54) is 16.8 Å². The molecule has 0 fully saturated rings. The number of nitrogens with two attached hydrogens (primary N) is 1. The largest absolute Gasteiger partial charge is 0.490 e. The zero-order chi connectivity index (χ0) is 24.7. The molecule has 1 aromatic heterocycles. The van der Waals surface area contributed by atoms with Crippen LogP contribution in [-0.4, -0.2) is 41.8 Å². The molecule has 190 valence electrons. The Morgan fingerprint density at radius 3 is 2.39 bits per heavy atom. The first-order chi connectivity index (χ1) is 16.9. The number of rotatable bonds is 11. The molecule has 0 aliphatic heterocycles. The first-order valence-electron chi connectivity index (χ1n) is 11.0. The number of nitrogens with zero attached hydrogens (tertiary/aromatic N) is 4. The molecular formula is C24H27ClN6O4S. The Labute approximate surface area is 215 Å². The van der Waals surface area contributed by atoms with E-state index in [4.69, 9.17) is 14.6 Å². The third kappa shape index (κ3) is 7.01. The predicted molar refractivity (Wildman–Crippen MR) is 137 cm³/mol. The van der Waals surface area contributed by atoms with Gasteiger partial charge in [-0.05, 0) is 77.8 Å². The fourth-order valence-electron chi connectivity index (χ4n) is 3.40. The fraction of sp³-hybridized carbons (Fsp3) is 0.208. The summed E-state index contributed by atoms with van der Waals surface area (Å²) in [5.41, 5.74) is 2.82. The molecule has 3 N–H and O–H groups in total. The van der Waals surface area contributed by atoms with Crippen molar-refractivity contribution in [1.29, 1.82) is 0 Å². The Balaban J connectivity index is 0.00000361. The van der Waals surface area contributed by atoms with Gasteiger partial charge >= 0.3 is 6.01 Å². The Hall–Kier alpha value is -3.51. The van der Waals surface area contributed by atoms with E-state index in [1.807, 2.05) is 55.5 Å². The zero-order valence-corrected chi connectivity index (χ0v) is 21.2. The zero-order valence-electron chi connectivity index (χ0n) is 19.6. The molecule has 0 bridgehead atoms. The van der Waals surface area contributed by atoms with Gasteiger partial charge in [-0.15, -0.1) is 12.4 Å². The number of tetrazole rings is 1. The quantitative estimate of drug-likeness (QED) is 0.282.